The molecule has 0 amide bonds. The lowest BCUT2D eigenvalue weighted by molar-refractivity contribution is 0.190. The summed E-state index contributed by atoms with van der Waals surface area (Å²) >= 11 is 0. The van der Waals surface area contributed by atoms with Gasteiger partial charge in [0.15, 0.2) is 5.82 Å². The molecular weight excluding hydrogens is 474 g/mol. The Labute approximate surface area is 221 Å². The molecule has 1 aliphatic carbocycles. The quantitative estimate of drug-likeness (QED) is 0.315. The minimum Gasteiger partial charge on any atom is -0.322 e. The number of nitrogens with zero attached hydrogens (tertiary/aromatic N) is 6. The summed E-state index contributed by atoms with van der Waals surface area (Å²) in [6.07, 6.45) is 8.06. The van der Waals surface area contributed by atoms with E-state index in [2.05, 4.69) is 60.7 Å². The number of tetrazole rings is 1. The van der Waals surface area contributed by atoms with Crippen LogP contribution in [-0.2, 0) is 13.1 Å². The number of rotatable bonds is 8. The lowest BCUT2D eigenvalue weighted by atomic mass is 10.0. The summed E-state index contributed by atoms with van der Waals surface area (Å²) in [4.78, 5) is 23.5. The van der Waals surface area contributed by atoms with Gasteiger partial charge in [0.1, 0.15) is 6.04 Å². The van der Waals surface area contributed by atoms with Crippen LogP contribution in [0, 0.1) is 6.92 Å². The molecule has 0 radical (unpaired) electrons. The maximum Gasteiger partial charge on any atom is 0.253 e. The molecule has 1 fully saturated rings. The van der Waals surface area contributed by atoms with Gasteiger partial charge in [0, 0.05) is 36.6 Å². The molecule has 1 saturated carbocycles. The van der Waals surface area contributed by atoms with Crippen molar-refractivity contribution < 1.29 is 0 Å². The van der Waals surface area contributed by atoms with Crippen molar-refractivity contribution in [3.8, 4) is 0 Å². The molecule has 5 aromatic rings. The van der Waals surface area contributed by atoms with Crippen molar-refractivity contribution in [1.29, 1.82) is 0 Å². The lowest BCUT2D eigenvalue weighted by Gasteiger charge is -2.31. The highest BCUT2D eigenvalue weighted by Crippen LogP contribution is 2.35. The van der Waals surface area contributed by atoms with E-state index in [0.717, 1.165) is 53.3 Å². The second-order valence-corrected chi connectivity index (χ2v) is 10.2. The summed E-state index contributed by atoms with van der Waals surface area (Å²) in [6.45, 7) is 3.22. The van der Waals surface area contributed by atoms with Crippen LogP contribution in [0.2, 0.25) is 0 Å². The predicted octanol–water partition coefficient (Wildman–Crippen LogP) is 5.12. The van der Waals surface area contributed by atoms with E-state index in [-0.39, 0.29) is 11.6 Å². The van der Waals surface area contributed by atoms with E-state index >= 15 is 0 Å². The van der Waals surface area contributed by atoms with Crippen molar-refractivity contribution in [3.63, 3.8) is 0 Å². The minimum absolute atomic E-state index is 0.127. The van der Waals surface area contributed by atoms with Crippen molar-refractivity contribution in [2.45, 2.75) is 57.8 Å². The molecule has 3 aromatic heterocycles. The molecule has 0 bridgehead atoms. The van der Waals surface area contributed by atoms with Crippen LogP contribution in [0.1, 0.15) is 65.8 Å². The van der Waals surface area contributed by atoms with Gasteiger partial charge in [0.05, 0.1) is 6.04 Å². The van der Waals surface area contributed by atoms with Crippen LogP contribution in [0.3, 0.4) is 0 Å². The first-order valence-electron chi connectivity index (χ1n) is 13.2. The second kappa shape index (κ2) is 10.7. The maximum atomic E-state index is 13.8. The van der Waals surface area contributed by atoms with Gasteiger partial charge in [-0.25, -0.2) is 4.68 Å². The van der Waals surface area contributed by atoms with Crippen molar-refractivity contribution >= 4 is 10.9 Å². The fourth-order valence-corrected chi connectivity index (χ4v) is 5.61. The minimum atomic E-state index is -0.458. The highest BCUT2D eigenvalue weighted by atomic mass is 16.1. The van der Waals surface area contributed by atoms with Gasteiger partial charge < -0.3 is 4.98 Å². The number of aromatic nitrogens is 6. The molecule has 1 N–H and O–H groups in total. The topological polar surface area (TPSA) is 92.6 Å². The first kappa shape index (κ1) is 24.2. The van der Waals surface area contributed by atoms with Crippen LogP contribution in [-0.4, -0.2) is 35.1 Å². The fraction of sp³-hybridized carbons (Fsp3) is 0.300. The zero-order valence-electron chi connectivity index (χ0n) is 21.5. The predicted molar refractivity (Wildman–Crippen MR) is 146 cm³/mol. The summed E-state index contributed by atoms with van der Waals surface area (Å²) in [6, 6.07) is 22.3. The van der Waals surface area contributed by atoms with Gasteiger partial charge in [0.25, 0.3) is 5.56 Å². The van der Waals surface area contributed by atoms with E-state index in [0.29, 0.717) is 24.5 Å². The lowest BCUT2D eigenvalue weighted by Crippen LogP contribution is -2.35. The molecule has 1 atom stereocenters. The number of benzene rings is 2. The number of fused-ring (bicyclic) bond motifs is 1. The zero-order chi connectivity index (χ0) is 25.9. The smallest absolute Gasteiger partial charge is 0.253 e. The normalized spacial score (nSPS) is 14.9. The van der Waals surface area contributed by atoms with E-state index in [1.807, 2.05) is 54.2 Å². The van der Waals surface area contributed by atoms with Crippen LogP contribution in [0.5, 0.6) is 0 Å². The maximum absolute atomic E-state index is 13.8. The molecule has 38 heavy (non-hydrogen) atoms. The van der Waals surface area contributed by atoms with Gasteiger partial charge in [0.2, 0.25) is 0 Å². The third-order valence-corrected chi connectivity index (χ3v) is 7.46. The number of pyridine rings is 2. The number of aryl methyl sites for hydroxylation is 1. The SMILES string of the molecule is Cc1ccc2cc([C@@H](c3nnnn3C3CCCC3)N(Cc3ccccc3)Cc3cccnc3)c(=O)[nH]c2c1. The molecule has 8 nitrogen and oxygen atoms in total. The van der Waals surface area contributed by atoms with Crippen LogP contribution in [0.15, 0.2) is 83.9 Å². The second-order valence-electron chi connectivity index (χ2n) is 10.2. The van der Waals surface area contributed by atoms with E-state index in [1.54, 1.807) is 6.20 Å². The Kier molecular flexibility index (Phi) is 6.79. The summed E-state index contributed by atoms with van der Waals surface area (Å²) in [7, 11) is 0. The number of nitrogens with one attached hydrogen (secondary N) is 1. The largest absolute Gasteiger partial charge is 0.322 e. The molecular formula is C30H31N7O. The highest BCUT2D eigenvalue weighted by molar-refractivity contribution is 5.79. The van der Waals surface area contributed by atoms with Crippen molar-refractivity contribution in [2.75, 3.05) is 0 Å². The fourth-order valence-electron chi connectivity index (χ4n) is 5.61. The monoisotopic (exact) mass is 505 g/mol. The summed E-state index contributed by atoms with van der Waals surface area (Å²) in [5.41, 5.74) is 4.64. The summed E-state index contributed by atoms with van der Waals surface area (Å²) < 4.78 is 1.97. The van der Waals surface area contributed by atoms with Gasteiger partial charge in [-0.05, 0) is 70.5 Å². The molecule has 2 aromatic carbocycles. The van der Waals surface area contributed by atoms with Crippen LogP contribution < -0.4 is 5.56 Å². The Bertz CT molecular complexity index is 1530. The van der Waals surface area contributed by atoms with Crippen molar-refractivity contribution in [3.05, 3.63) is 118 Å². The first-order chi connectivity index (χ1) is 18.7. The Balaban J connectivity index is 1.53. The van der Waals surface area contributed by atoms with Crippen molar-refractivity contribution in [1.82, 2.24) is 35.1 Å². The third-order valence-electron chi connectivity index (χ3n) is 7.46. The molecule has 0 spiro atoms. The Hall–Kier alpha value is -4.17. The zero-order valence-corrected chi connectivity index (χ0v) is 21.5. The summed E-state index contributed by atoms with van der Waals surface area (Å²) in [5.74, 6) is 0.702. The number of hydrogen-bond acceptors (Lipinski definition) is 6. The molecule has 0 saturated heterocycles. The van der Waals surface area contributed by atoms with Crippen LogP contribution >= 0.6 is 0 Å². The van der Waals surface area contributed by atoms with Crippen molar-refractivity contribution in [2.24, 2.45) is 0 Å². The standard InChI is InChI=1S/C30H31N7O/c1-21-13-14-24-17-26(30(38)32-27(24)16-21)28(29-33-34-35-37(29)25-11-5-6-12-25)36(19-22-8-3-2-4-9-22)20-23-10-7-15-31-18-23/h2-4,7-10,13-18,25,28H,5-6,11-12,19-20H2,1H3,(H,32,38)/t28-/m0/s1. The van der Waals surface area contributed by atoms with E-state index < -0.39 is 6.04 Å². The van der Waals surface area contributed by atoms with Gasteiger partial charge in [-0.3, -0.25) is 14.7 Å². The summed E-state index contributed by atoms with van der Waals surface area (Å²) in [5, 5.41) is 14.1. The molecule has 0 aliphatic heterocycles. The van der Waals surface area contributed by atoms with Gasteiger partial charge >= 0.3 is 0 Å². The van der Waals surface area contributed by atoms with Crippen LogP contribution in [0.4, 0.5) is 0 Å². The average Bonchev–Trinajstić information content (AvgIpc) is 3.63. The van der Waals surface area contributed by atoms with E-state index in [9.17, 15) is 4.79 Å². The molecule has 192 valence electrons. The van der Waals surface area contributed by atoms with E-state index in [1.165, 1.54) is 0 Å². The molecule has 3 heterocycles. The molecule has 8 heteroatoms. The number of H-pyrrole nitrogens is 1. The van der Waals surface area contributed by atoms with Gasteiger partial charge in [-0.1, -0.05) is 61.4 Å². The first-order valence-corrected chi connectivity index (χ1v) is 13.2. The highest BCUT2D eigenvalue weighted by Gasteiger charge is 2.33. The Morgan fingerprint density at radius 1 is 1.00 bits per heavy atom. The van der Waals surface area contributed by atoms with E-state index in [4.69, 9.17) is 0 Å². The Morgan fingerprint density at radius 3 is 2.58 bits per heavy atom. The number of aromatic amines is 1. The molecule has 1 aliphatic rings. The van der Waals surface area contributed by atoms with Gasteiger partial charge in [-0.2, -0.15) is 0 Å². The third kappa shape index (κ3) is 4.99. The number of hydrogen-bond donors (Lipinski definition) is 1. The molecule has 6 rings (SSSR count). The Morgan fingerprint density at radius 2 is 1.79 bits per heavy atom. The molecule has 0 unspecified atom stereocenters. The van der Waals surface area contributed by atoms with Gasteiger partial charge in [-0.15, -0.1) is 5.10 Å². The average molecular weight is 506 g/mol. The van der Waals surface area contributed by atoms with Crippen LogP contribution in [0.25, 0.3) is 10.9 Å².